The van der Waals surface area contributed by atoms with Gasteiger partial charge in [0, 0.05) is 23.4 Å². The summed E-state index contributed by atoms with van der Waals surface area (Å²) in [6.45, 7) is 4.03. The lowest BCUT2D eigenvalue weighted by molar-refractivity contribution is 0.202. The van der Waals surface area contributed by atoms with Crippen LogP contribution in [0.3, 0.4) is 0 Å². The van der Waals surface area contributed by atoms with Gasteiger partial charge in [0.25, 0.3) is 0 Å². The van der Waals surface area contributed by atoms with Gasteiger partial charge in [0.15, 0.2) is 0 Å². The van der Waals surface area contributed by atoms with Crippen molar-refractivity contribution in [2.24, 2.45) is 0 Å². The number of hydrogen-bond donors (Lipinski definition) is 1. The SMILES string of the molecule is CC[C@@H]1CNCc2cc3ccsc3cc2O1. The van der Waals surface area contributed by atoms with Crippen molar-refractivity contribution in [3.63, 3.8) is 0 Å². The van der Waals surface area contributed by atoms with Crippen LogP contribution in [0.1, 0.15) is 18.9 Å². The molecule has 0 amide bonds. The first-order valence-electron chi connectivity index (χ1n) is 5.74. The van der Waals surface area contributed by atoms with Crippen LogP contribution in [0.15, 0.2) is 23.6 Å². The molecule has 84 valence electrons. The van der Waals surface area contributed by atoms with Gasteiger partial charge in [-0.25, -0.2) is 0 Å². The fourth-order valence-corrected chi connectivity index (χ4v) is 2.90. The van der Waals surface area contributed by atoms with Gasteiger partial charge in [-0.1, -0.05) is 6.92 Å². The first-order valence-corrected chi connectivity index (χ1v) is 6.62. The van der Waals surface area contributed by atoms with E-state index in [1.54, 1.807) is 11.3 Å². The van der Waals surface area contributed by atoms with E-state index in [0.29, 0.717) is 6.10 Å². The molecular formula is C13H15NOS. The second-order valence-electron chi connectivity index (χ2n) is 4.20. The van der Waals surface area contributed by atoms with Gasteiger partial charge in [0.2, 0.25) is 0 Å². The highest BCUT2D eigenvalue weighted by Crippen LogP contribution is 2.31. The molecule has 1 aliphatic heterocycles. The Morgan fingerprint density at radius 1 is 1.50 bits per heavy atom. The molecule has 0 fully saturated rings. The third-order valence-corrected chi connectivity index (χ3v) is 3.95. The molecule has 1 atom stereocenters. The maximum absolute atomic E-state index is 6.03. The topological polar surface area (TPSA) is 21.3 Å². The number of nitrogens with one attached hydrogen (secondary N) is 1. The maximum atomic E-state index is 6.03. The number of thiophene rings is 1. The Morgan fingerprint density at radius 2 is 2.44 bits per heavy atom. The molecule has 1 aliphatic rings. The zero-order chi connectivity index (χ0) is 11.0. The van der Waals surface area contributed by atoms with Crippen LogP contribution in [0.4, 0.5) is 0 Å². The second-order valence-corrected chi connectivity index (χ2v) is 5.15. The molecule has 0 bridgehead atoms. The van der Waals surface area contributed by atoms with Crippen molar-refractivity contribution in [1.82, 2.24) is 5.32 Å². The van der Waals surface area contributed by atoms with Gasteiger partial charge >= 0.3 is 0 Å². The Kier molecular flexibility index (Phi) is 2.58. The summed E-state index contributed by atoms with van der Waals surface area (Å²) in [5.41, 5.74) is 1.28. The minimum Gasteiger partial charge on any atom is -0.489 e. The summed E-state index contributed by atoms with van der Waals surface area (Å²) in [4.78, 5) is 0. The van der Waals surface area contributed by atoms with E-state index in [-0.39, 0.29) is 0 Å². The molecule has 0 saturated carbocycles. The van der Waals surface area contributed by atoms with Crippen molar-refractivity contribution >= 4 is 21.4 Å². The van der Waals surface area contributed by atoms with Crippen LogP contribution in [-0.4, -0.2) is 12.6 Å². The van der Waals surface area contributed by atoms with E-state index in [1.807, 2.05) is 0 Å². The Bertz CT molecular complexity index is 506. The van der Waals surface area contributed by atoms with Gasteiger partial charge < -0.3 is 10.1 Å². The van der Waals surface area contributed by atoms with E-state index in [1.165, 1.54) is 15.6 Å². The molecular weight excluding hydrogens is 218 g/mol. The summed E-state index contributed by atoms with van der Waals surface area (Å²) in [6, 6.07) is 6.60. The lowest BCUT2D eigenvalue weighted by Crippen LogP contribution is -2.27. The van der Waals surface area contributed by atoms with E-state index in [0.717, 1.165) is 25.3 Å². The van der Waals surface area contributed by atoms with Crippen LogP contribution in [0.2, 0.25) is 0 Å². The number of rotatable bonds is 1. The average molecular weight is 233 g/mol. The van der Waals surface area contributed by atoms with E-state index in [9.17, 15) is 0 Å². The smallest absolute Gasteiger partial charge is 0.125 e. The lowest BCUT2D eigenvalue weighted by atomic mass is 10.1. The monoisotopic (exact) mass is 233 g/mol. The minimum absolute atomic E-state index is 0.304. The molecule has 2 nitrogen and oxygen atoms in total. The van der Waals surface area contributed by atoms with Crippen LogP contribution >= 0.6 is 11.3 Å². The maximum Gasteiger partial charge on any atom is 0.125 e. The van der Waals surface area contributed by atoms with E-state index in [2.05, 4.69) is 35.8 Å². The van der Waals surface area contributed by atoms with Gasteiger partial charge in [-0.2, -0.15) is 0 Å². The standard InChI is InChI=1S/C13H15NOS/c1-2-11-8-14-7-10-5-9-3-4-16-13(9)6-12(10)15-11/h3-6,11,14H,2,7-8H2,1H3/t11-/m1/s1. The van der Waals surface area contributed by atoms with Crippen LogP contribution in [0.25, 0.3) is 10.1 Å². The van der Waals surface area contributed by atoms with Crippen LogP contribution < -0.4 is 10.1 Å². The summed E-state index contributed by atoms with van der Waals surface area (Å²) in [7, 11) is 0. The molecule has 0 unspecified atom stereocenters. The normalized spacial score (nSPS) is 20.2. The van der Waals surface area contributed by atoms with Crippen LogP contribution in [0.5, 0.6) is 5.75 Å². The number of hydrogen-bond acceptors (Lipinski definition) is 3. The van der Waals surface area contributed by atoms with Crippen molar-refractivity contribution in [2.75, 3.05) is 6.54 Å². The summed E-state index contributed by atoms with van der Waals surface area (Å²) >= 11 is 1.78. The fourth-order valence-electron chi connectivity index (χ4n) is 2.10. The molecule has 1 aromatic heterocycles. The molecule has 1 N–H and O–H groups in total. The summed E-state index contributed by atoms with van der Waals surface area (Å²) < 4.78 is 7.34. The van der Waals surface area contributed by atoms with Crippen molar-refractivity contribution in [2.45, 2.75) is 26.0 Å². The molecule has 0 spiro atoms. The van der Waals surface area contributed by atoms with Gasteiger partial charge in [0.1, 0.15) is 11.9 Å². The van der Waals surface area contributed by atoms with E-state index < -0.39 is 0 Å². The molecule has 0 aliphatic carbocycles. The first kappa shape index (κ1) is 10.1. The largest absolute Gasteiger partial charge is 0.489 e. The summed E-state index contributed by atoms with van der Waals surface area (Å²) in [5.74, 6) is 1.06. The van der Waals surface area contributed by atoms with Crippen molar-refractivity contribution in [3.05, 3.63) is 29.1 Å². The molecule has 2 heterocycles. The number of fused-ring (bicyclic) bond motifs is 2. The third kappa shape index (κ3) is 1.70. The van der Waals surface area contributed by atoms with Gasteiger partial charge in [-0.3, -0.25) is 0 Å². The third-order valence-electron chi connectivity index (χ3n) is 3.07. The highest BCUT2D eigenvalue weighted by molar-refractivity contribution is 7.17. The summed E-state index contributed by atoms with van der Waals surface area (Å²) in [6.07, 6.45) is 1.35. The number of ether oxygens (including phenoxy) is 1. The van der Waals surface area contributed by atoms with E-state index in [4.69, 9.17) is 4.74 Å². The van der Waals surface area contributed by atoms with Crippen LogP contribution in [-0.2, 0) is 6.54 Å². The van der Waals surface area contributed by atoms with Crippen molar-refractivity contribution < 1.29 is 4.74 Å². The summed E-state index contributed by atoms with van der Waals surface area (Å²) in [5, 5.41) is 6.90. The van der Waals surface area contributed by atoms with Crippen molar-refractivity contribution in [3.8, 4) is 5.75 Å². The van der Waals surface area contributed by atoms with Gasteiger partial charge in [0.05, 0.1) is 0 Å². The van der Waals surface area contributed by atoms with E-state index >= 15 is 0 Å². The minimum atomic E-state index is 0.304. The van der Waals surface area contributed by atoms with Crippen molar-refractivity contribution in [1.29, 1.82) is 0 Å². The Labute approximate surface area is 99.2 Å². The zero-order valence-electron chi connectivity index (χ0n) is 9.32. The number of benzene rings is 1. The molecule has 3 rings (SSSR count). The van der Waals surface area contributed by atoms with Gasteiger partial charge in [-0.15, -0.1) is 11.3 Å². The van der Waals surface area contributed by atoms with Gasteiger partial charge in [-0.05, 0) is 35.4 Å². The highest BCUT2D eigenvalue weighted by atomic mass is 32.1. The highest BCUT2D eigenvalue weighted by Gasteiger charge is 2.16. The lowest BCUT2D eigenvalue weighted by Gasteiger charge is -2.14. The zero-order valence-corrected chi connectivity index (χ0v) is 10.1. The van der Waals surface area contributed by atoms with Crippen LogP contribution in [0, 0.1) is 0 Å². The average Bonchev–Trinajstić information content (AvgIpc) is 2.64. The Balaban J connectivity index is 2.07. The first-order chi connectivity index (χ1) is 7.86. The fraction of sp³-hybridized carbons (Fsp3) is 0.385. The second kappa shape index (κ2) is 4.07. The molecule has 0 saturated heterocycles. The quantitative estimate of drug-likeness (QED) is 0.817. The molecule has 0 radical (unpaired) electrons. The molecule has 16 heavy (non-hydrogen) atoms. The predicted molar refractivity (Wildman–Crippen MR) is 68.2 cm³/mol. The molecule has 1 aromatic carbocycles. The Morgan fingerprint density at radius 3 is 3.31 bits per heavy atom. The Hall–Kier alpha value is -1.06. The molecule has 2 aromatic rings. The molecule has 3 heteroatoms. The predicted octanol–water partition coefficient (Wildman–Crippen LogP) is 3.16.